The highest BCUT2D eigenvalue weighted by Crippen LogP contribution is 2.36. The summed E-state index contributed by atoms with van der Waals surface area (Å²) in [5.41, 5.74) is 7.25. The van der Waals surface area contributed by atoms with Crippen LogP contribution in [0.4, 0.5) is 11.4 Å². The highest BCUT2D eigenvalue weighted by Gasteiger charge is 2.26. The summed E-state index contributed by atoms with van der Waals surface area (Å²) in [4.78, 5) is 13.4. The minimum atomic E-state index is 0.124. The van der Waals surface area contributed by atoms with E-state index < -0.39 is 0 Å². The van der Waals surface area contributed by atoms with Crippen LogP contribution in [0.15, 0.2) is 18.2 Å². The average Bonchev–Trinajstić information content (AvgIpc) is 2.65. The number of hydrogen-bond acceptors (Lipinski definition) is 3. The van der Waals surface area contributed by atoms with Crippen LogP contribution in [-0.2, 0) is 4.79 Å². The number of hydrogen-bond donors (Lipinski definition) is 1. The quantitative estimate of drug-likeness (QED) is 0.790. The van der Waals surface area contributed by atoms with Crippen molar-refractivity contribution >= 4 is 17.3 Å². The molecule has 0 unspecified atom stereocenters. The first-order valence-electron chi connectivity index (χ1n) is 5.55. The van der Waals surface area contributed by atoms with Gasteiger partial charge in [0.05, 0.1) is 12.3 Å². The van der Waals surface area contributed by atoms with Crippen LogP contribution >= 0.6 is 0 Å². The molecule has 0 bridgehead atoms. The third-order valence-electron chi connectivity index (χ3n) is 2.67. The molecule has 86 valence electrons. The number of nitrogens with two attached hydrogens (primary N) is 1. The zero-order chi connectivity index (χ0) is 11.5. The van der Waals surface area contributed by atoms with Crippen molar-refractivity contribution in [3.8, 4) is 5.75 Å². The molecule has 1 amide bonds. The van der Waals surface area contributed by atoms with E-state index in [-0.39, 0.29) is 5.91 Å². The van der Waals surface area contributed by atoms with E-state index >= 15 is 0 Å². The van der Waals surface area contributed by atoms with E-state index in [0.29, 0.717) is 24.5 Å². The number of carbonyl (C=O) groups excluding carboxylic acids is 1. The van der Waals surface area contributed by atoms with Crippen molar-refractivity contribution in [2.75, 3.05) is 23.8 Å². The van der Waals surface area contributed by atoms with Gasteiger partial charge in [0.2, 0.25) is 5.91 Å². The Bertz CT molecular complexity index is 404. The summed E-state index contributed by atoms with van der Waals surface area (Å²) in [6, 6.07) is 5.48. The summed E-state index contributed by atoms with van der Waals surface area (Å²) in [7, 11) is 0. The number of nitrogen functional groups attached to an aromatic ring is 1. The third kappa shape index (κ3) is 1.83. The first-order valence-corrected chi connectivity index (χ1v) is 5.55. The van der Waals surface area contributed by atoms with Gasteiger partial charge >= 0.3 is 0 Å². The second kappa shape index (κ2) is 4.43. The Morgan fingerprint density at radius 3 is 2.94 bits per heavy atom. The number of rotatable bonds is 3. The monoisotopic (exact) mass is 220 g/mol. The minimum absolute atomic E-state index is 0.124. The zero-order valence-electron chi connectivity index (χ0n) is 9.40. The molecule has 1 saturated heterocycles. The predicted molar refractivity (Wildman–Crippen MR) is 63.6 cm³/mol. The van der Waals surface area contributed by atoms with E-state index in [9.17, 15) is 4.79 Å². The van der Waals surface area contributed by atoms with Crippen molar-refractivity contribution in [2.45, 2.75) is 19.8 Å². The lowest BCUT2D eigenvalue weighted by atomic mass is 10.2. The highest BCUT2D eigenvalue weighted by molar-refractivity contribution is 5.99. The summed E-state index contributed by atoms with van der Waals surface area (Å²) in [6.07, 6.45) is 1.48. The number of para-hydroxylation sites is 1. The van der Waals surface area contributed by atoms with Crippen LogP contribution in [0.25, 0.3) is 0 Å². The minimum Gasteiger partial charge on any atom is -0.492 e. The molecule has 1 heterocycles. The van der Waals surface area contributed by atoms with Gasteiger partial charge in [0.15, 0.2) is 0 Å². The van der Waals surface area contributed by atoms with E-state index in [1.807, 2.05) is 19.1 Å². The van der Waals surface area contributed by atoms with Crippen molar-refractivity contribution in [1.29, 1.82) is 0 Å². The topological polar surface area (TPSA) is 55.6 Å². The number of amides is 1. The molecule has 2 N–H and O–H groups in total. The van der Waals surface area contributed by atoms with Gasteiger partial charge in [-0.05, 0) is 25.5 Å². The van der Waals surface area contributed by atoms with Crippen molar-refractivity contribution in [2.24, 2.45) is 0 Å². The van der Waals surface area contributed by atoms with Crippen LogP contribution in [-0.4, -0.2) is 19.1 Å². The summed E-state index contributed by atoms with van der Waals surface area (Å²) >= 11 is 0. The van der Waals surface area contributed by atoms with Crippen molar-refractivity contribution in [3.63, 3.8) is 0 Å². The van der Waals surface area contributed by atoms with Gasteiger partial charge in [-0.3, -0.25) is 4.79 Å². The van der Waals surface area contributed by atoms with Gasteiger partial charge in [0.1, 0.15) is 11.4 Å². The molecule has 0 radical (unpaired) electrons. The zero-order valence-corrected chi connectivity index (χ0v) is 9.40. The second-order valence-corrected chi connectivity index (χ2v) is 3.78. The molecule has 0 aromatic heterocycles. The van der Waals surface area contributed by atoms with Crippen LogP contribution in [0.2, 0.25) is 0 Å². The van der Waals surface area contributed by atoms with Crippen molar-refractivity contribution in [1.82, 2.24) is 0 Å². The van der Waals surface area contributed by atoms with Crippen LogP contribution in [0, 0.1) is 0 Å². The van der Waals surface area contributed by atoms with Gasteiger partial charge in [0.25, 0.3) is 0 Å². The maximum absolute atomic E-state index is 11.7. The number of nitrogens with zero attached hydrogens (tertiary/aromatic N) is 1. The maximum atomic E-state index is 11.7. The molecule has 1 aliphatic rings. The van der Waals surface area contributed by atoms with Crippen LogP contribution in [0.3, 0.4) is 0 Å². The molecular formula is C12H16N2O2. The van der Waals surface area contributed by atoms with E-state index in [1.165, 1.54) is 0 Å². The molecule has 1 aliphatic heterocycles. The molecule has 0 aliphatic carbocycles. The predicted octanol–water partition coefficient (Wildman–Crippen LogP) is 1.79. The lowest BCUT2D eigenvalue weighted by Crippen LogP contribution is -2.25. The summed E-state index contributed by atoms with van der Waals surface area (Å²) in [5.74, 6) is 0.816. The summed E-state index contributed by atoms with van der Waals surface area (Å²) in [6.45, 7) is 3.21. The van der Waals surface area contributed by atoms with Crippen LogP contribution in [0.1, 0.15) is 19.8 Å². The first-order chi connectivity index (χ1) is 7.74. The lowest BCUT2D eigenvalue weighted by molar-refractivity contribution is -0.117. The Morgan fingerprint density at radius 2 is 2.31 bits per heavy atom. The van der Waals surface area contributed by atoms with Gasteiger partial charge in [-0.2, -0.15) is 0 Å². The maximum Gasteiger partial charge on any atom is 0.227 e. The molecule has 2 rings (SSSR count). The van der Waals surface area contributed by atoms with Gasteiger partial charge in [-0.1, -0.05) is 6.07 Å². The standard InChI is InChI=1S/C12H16N2O2/c1-2-16-10-6-3-5-9(13)12(10)14-8-4-7-11(14)15/h3,5-6H,2,4,7-8,13H2,1H3. The molecule has 1 aromatic rings. The fourth-order valence-electron chi connectivity index (χ4n) is 1.98. The molecular weight excluding hydrogens is 204 g/mol. The van der Waals surface area contributed by atoms with E-state index in [2.05, 4.69) is 0 Å². The van der Waals surface area contributed by atoms with Gasteiger partial charge in [0, 0.05) is 13.0 Å². The van der Waals surface area contributed by atoms with Crippen LogP contribution < -0.4 is 15.4 Å². The molecule has 0 saturated carbocycles. The van der Waals surface area contributed by atoms with Crippen molar-refractivity contribution < 1.29 is 9.53 Å². The van der Waals surface area contributed by atoms with Gasteiger partial charge in [-0.15, -0.1) is 0 Å². The number of benzene rings is 1. The smallest absolute Gasteiger partial charge is 0.227 e. The Labute approximate surface area is 95.0 Å². The SMILES string of the molecule is CCOc1cccc(N)c1N1CCCC1=O. The Hall–Kier alpha value is -1.71. The Kier molecular flexibility index (Phi) is 2.99. The number of carbonyl (C=O) groups is 1. The molecule has 4 heteroatoms. The lowest BCUT2D eigenvalue weighted by Gasteiger charge is -2.21. The molecule has 4 nitrogen and oxygen atoms in total. The second-order valence-electron chi connectivity index (χ2n) is 3.78. The molecule has 1 aromatic carbocycles. The molecule has 1 fully saturated rings. The van der Waals surface area contributed by atoms with Crippen molar-refractivity contribution in [3.05, 3.63) is 18.2 Å². The van der Waals surface area contributed by atoms with Crippen LogP contribution in [0.5, 0.6) is 5.75 Å². The van der Waals surface area contributed by atoms with E-state index in [1.54, 1.807) is 11.0 Å². The van der Waals surface area contributed by atoms with Gasteiger partial charge in [-0.25, -0.2) is 0 Å². The summed E-state index contributed by atoms with van der Waals surface area (Å²) in [5, 5.41) is 0. The van der Waals surface area contributed by atoms with E-state index in [4.69, 9.17) is 10.5 Å². The molecule has 16 heavy (non-hydrogen) atoms. The third-order valence-corrected chi connectivity index (χ3v) is 2.67. The fourth-order valence-corrected chi connectivity index (χ4v) is 1.98. The largest absolute Gasteiger partial charge is 0.492 e. The molecule has 0 atom stereocenters. The Morgan fingerprint density at radius 1 is 1.50 bits per heavy atom. The highest BCUT2D eigenvalue weighted by atomic mass is 16.5. The first kappa shape index (κ1) is 10.8. The fraction of sp³-hybridized carbons (Fsp3) is 0.417. The normalized spacial score (nSPS) is 15.6. The number of anilines is 2. The average molecular weight is 220 g/mol. The summed E-state index contributed by atoms with van der Waals surface area (Å²) < 4.78 is 5.50. The van der Waals surface area contributed by atoms with E-state index in [0.717, 1.165) is 18.7 Å². The Balaban J connectivity index is 2.40. The number of ether oxygens (including phenoxy) is 1. The molecule has 0 spiro atoms. The van der Waals surface area contributed by atoms with Gasteiger partial charge < -0.3 is 15.4 Å².